The summed E-state index contributed by atoms with van der Waals surface area (Å²) in [7, 11) is 0. The van der Waals surface area contributed by atoms with Crippen LogP contribution in [-0.4, -0.2) is 47.1 Å². The molecule has 174 valence electrons. The molecule has 9 heteroatoms. The van der Waals surface area contributed by atoms with E-state index < -0.39 is 29.7 Å². The molecule has 0 radical (unpaired) electrons. The lowest BCUT2D eigenvalue weighted by Crippen LogP contribution is -2.50. The van der Waals surface area contributed by atoms with E-state index in [0.717, 1.165) is 4.90 Å². The maximum absolute atomic E-state index is 13.3. The van der Waals surface area contributed by atoms with Gasteiger partial charge in [-0.05, 0) is 44.5 Å². The molecule has 2 heterocycles. The number of imide groups is 1. The number of carbonyl (C=O) groups is 4. The number of aliphatic imine (C=N–C) groups is 1. The van der Waals surface area contributed by atoms with Gasteiger partial charge in [-0.15, -0.1) is 0 Å². The summed E-state index contributed by atoms with van der Waals surface area (Å²) in [5, 5.41) is 5.87. The van der Waals surface area contributed by atoms with Gasteiger partial charge in [0.1, 0.15) is 17.5 Å². The quantitative estimate of drug-likeness (QED) is 0.523. The normalized spacial score (nSPS) is 15.6. The Balaban J connectivity index is 1.69. The summed E-state index contributed by atoms with van der Waals surface area (Å²) in [5.74, 6) is -2.42. The number of carbonyl (C=O) groups excluding carboxylic acids is 4. The van der Waals surface area contributed by atoms with Gasteiger partial charge in [0.25, 0.3) is 11.8 Å². The molecule has 2 aromatic carbocycles. The fourth-order valence-electron chi connectivity index (χ4n) is 3.90. The Bertz CT molecular complexity index is 1230. The minimum absolute atomic E-state index is 0.0128. The summed E-state index contributed by atoms with van der Waals surface area (Å²) >= 11 is 0. The van der Waals surface area contributed by atoms with Crippen molar-refractivity contribution in [1.29, 1.82) is 0 Å². The van der Waals surface area contributed by atoms with Crippen LogP contribution in [0, 0.1) is 0 Å². The number of para-hydroxylation sites is 2. The maximum atomic E-state index is 13.3. The van der Waals surface area contributed by atoms with Gasteiger partial charge in [-0.3, -0.25) is 19.3 Å². The lowest BCUT2D eigenvalue weighted by Gasteiger charge is -2.22. The zero-order chi connectivity index (χ0) is 24.4. The van der Waals surface area contributed by atoms with E-state index in [0.29, 0.717) is 23.5 Å². The second-order valence-corrected chi connectivity index (χ2v) is 7.72. The molecule has 0 bridgehead atoms. The zero-order valence-electron chi connectivity index (χ0n) is 19.0. The van der Waals surface area contributed by atoms with Crippen LogP contribution in [0.4, 0.5) is 11.4 Å². The van der Waals surface area contributed by atoms with Crippen LogP contribution in [0.2, 0.25) is 0 Å². The Hall–Kier alpha value is -4.27. The molecule has 4 rings (SSSR count). The van der Waals surface area contributed by atoms with Gasteiger partial charge in [0.2, 0.25) is 5.91 Å². The van der Waals surface area contributed by atoms with Crippen LogP contribution in [-0.2, 0) is 14.3 Å². The first-order chi connectivity index (χ1) is 16.4. The topological polar surface area (TPSA) is 117 Å². The van der Waals surface area contributed by atoms with Gasteiger partial charge in [0.15, 0.2) is 0 Å². The van der Waals surface area contributed by atoms with Crippen LogP contribution in [0.15, 0.2) is 64.8 Å². The highest BCUT2D eigenvalue weighted by molar-refractivity contribution is 6.26. The molecule has 2 aliphatic heterocycles. The fraction of sp³-hybridized carbons (Fsp3) is 0.240. The Morgan fingerprint density at radius 1 is 1.03 bits per heavy atom. The van der Waals surface area contributed by atoms with E-state index in [4.69, 9.17) is 4.74 Å². The number of amidine groups is 1. The lowest BCUT2D eigenvalue weighted by atomic mass is 10.1. The van der Waals surface area contributed by atoms with E-state index in [1.54, 1.807) is 43.3 Å². The van der Waals surface area contributed by atoms with Crippen molar-refractivity contribution in [3.63, 3.8) is 0 Å². The third-order valence-corrected chi connectivity index (χ3v) is 5.63. The van der Waals surface area contributed by atoms with Gasteiger partial charge >= 0.3 is 5.97 Å². The summed E-state index contributed by atoms with van der Waals surface area (Å²) in [6.07, 6.45) is 0.436. The molecule has 0 aromatic heterocycles. The Kier molecular flexibility index (Phi) is 6.27. The van der Waals surface area contributed by atoms with E-state index >= 15 is 0 Å². The van der Waals surface area contributed by atoms with Crippen molar-refractivity contribution >= 4 is 40.9 Å². The fourth-order valence-corrected chi connectivity index (χ4v) is 3.90. The number of anilines is 1. The number of amides is 3. The van der Waals surface area contributed by atoms with Crippen LogP contribution >= 0.6 is 0 Å². The van der Waals surface area contributed by atoms with E-state index in [9.17, 15) is 19.2 Å². The molecule has 0 fully saturated rings. The standard InChI is InChI=1S/C25H24N4O5/c1-4-17-20(25(33)34-5-2)21(27-19-13-9-8-12-18(19)26-17)28-22(30)14(3)29-23(31)15-10-6-7-11-16(15)24(29)32/h6-14,26H,4-5H2,1-3H3,(H,27,28,30). The first kappa shape index (κ1) is 22.9. The SMILES string of the molecule is CCOC(=O)C1=C(CC)Nc2ccccc2N=C1NC(=O)C(C)N1C(=O)c2ccccc2C1=O. The number of rotatable bonds is 5. The second-order valence-electron chi connectivity index (χ2n) is 7.72. The molecule has 34 heavy (non-hydrogen) atoms. The van der Waals surface area contributed by atoms with Gasteiger partial charge in [0, 0.05) is 5.70 Å². The zero-order valence-corrected chi connectivity index (χ0v) is 19.0. The number of hydrogen-bond acceptors (Lipinski definition) is 7. The number of benzene rings is 2. The smallest absolute Gasteiger partial charge is 0.343 e. The van der Waals surface area contributed by atoms with Crippen molar-refractivity contribution in [2.24, 2.45) is 4.99 Å². The van der Waals surface area contributed by atoms with E-state index in [-0.39, 0.29) is 29.1 Å². The van der Waals surface area contributed by atoms with Gasteiger partial charge < -0.3 is 15.4 Å². The van der Waals surface area contributed by atoms with Crippen molar-refractivity contribution in [3.05, 3.63) is 70.9 Å². The number of hydrogen-bond donors (Lipinski definition) is 2. The van der Waals surface area contributed by atoms with Gasteiger partial charge in [0.05, 0.1) is 29.1 Å². The molecular weight excluding hydrogens is 436 g/mol. The van der Waals surface area contributed by atoms with Crippen LogP contribution in [0.1, 0.15) is 47.9 Å². The van der Waals surface area contributed by atoms with Crippen molar-refractivity contribution in [2.75, 3.05) is 11.9 Å². The largest absolute Gasteiger partial charge is 0.462 e. The summed E-state index contributed by atoms with van der Waals surface area (Å²) in [6, 6.07) is 12.4. The van der Waals surface area contributed by atoms with Gasteiger partial charge in [-0.2, -0.15) is 0 Å². The molecule has 3 amide bonds. The Labute approximate surface area is 196 Å². The summed E-state index contributed by atoms with van der Waals surface area (Å²) < 4.78 is 5.23. The number of nitrogens with one attached hydrogen (secondary N) is 2. The van der Waals surface area contributed by atoms with Crippen LogP contribution in [0.25, 0.3) is 0 Å². The molecule has 1 atom stereocenters. The maximum Gasteiger partial charge on any atom is 0.343 e. The second kappa shape index (κ2) is 9.30. The number of esters is 1. The van der Waals surface area contributed by atoms with E-state index in [1.807, 2.05) is 19.1 Å². The van der Waals surface area contributed by atoms with Crippen LogP contribution in [0.5, 0.6) is 0 Å². The molecule has 2 aliphatic rings. The Morgan fingerprint density at radius 2 is 1.65 bits per heavy atom. The minimum atomic E-state index is -1.14. The summed E-state index contributed by atoms with van der Waals surface area (Å²) in [5.41, 5.74) is 2.28. The molecular formula is C25H24N4O5. The van der Waals surface area contributed by atoms with E-state index in [2.05, 4.69) is 15.6 Å². The first-order valence-corrected chi connectivity index (χ1v) is 11.0. The highest BCUT2D eigenvalue weighted by Crippen LogP contribution is 2.31. The third kappa shape index (κ3) is 3.96. The van der Waals surface area contributed by atoms with Crippen LogP contribution < -0.4 is 10.6 Å². The predicted molar refractivity (Wildman–Crippen MR) is 126 cm³/mol. The van der Waals surface area contributed by atoms with Gasteiger partial charge in [-0.1, -0.05) is 31.2 Å². The molecule has 2 N–H and O–H groups in total. The average Bonchev–Trinajstić information content (AvgIpc) is 2.98. The third-order valence-electron chi connectivity index (χ3n) is 5.63. The highest BCUT2D eigenvalue weighted by atomic mass is 16.5. The average molecular weight is 460 g/mol. The summed E-state index contributed by atoms with van der Waals surface area (Å²) in [4.78, 5) is 57.2. The lowest BCUT2D eigenvalue weighted by molar-refractivity contribution is -0.137. The number of nitrogens with zero attached hydrogens (tertiary/aromatic N) is 2. The minimum Gasteiger partial charge on any atom is -0.462 e. The summed E-state index contributed by atoms with van der Waals surface area (Å²) in [6.45, 7) is 5.13. The molecule has 9 nitrogen and oxygen atoms in total. The molecule has 0 spiro atoms. The van der Waals surface area contributed by atoms with Crippen molar-refractivity contribution in [1.82, 2.24) is 10.2 Å². The molecule has 0 saturated carbocycles. The molecule has 1 unspecified atom stereocenters. The number of fused-ring (bicyclic) bond motifs is 2. The molecule has 0 saturated heterocycles. The monoisotopic (exact) mass is 460 g/mol. The first-order valence-electron chi connectivity index (χ1n) is 11.0. The highest BCUT2D eigenvalue weighted by Gasteiger charge is 2.41. The molecule has 0 aliphatic carbocycles. The number of ether oxygens (including phenoxy) is 1. The van der Waals surface area contributed by atoms with Crippen molar-refractivity contribution < 1.29 is 23.9 Å². The predicted octanol–water partition coefficient (Wildman–Crippen LogP) is 3.17. The van der Waals surface area contributed by atoms with Crippen molar-refractivity contribution in [3.8, 4) is 0 Å². The van der Waals surface area contributed by atoms with Crippen molar-refractivity contribution in [2.45, 2.75) is 33.2 Å². The Morgan fingerprint density at radius 3 is 2.26 bits per heavy atom. The van der Waals surface area contributed by atoms with Gasteiger partial charge in [-0.25, -0.2) is 9.79 Å². The number of allylic oxidation sites excluding steroid dienone is 1. The molecule has 2 aromatic rings. The van der Waals surface area contributed by atoms with Crippen LogP contribution in [0.3, 0.4) is 0 Å². The van der Waals surface area contributed by atoms with E-state index in [1.165, 1.54) is 6.92 Å².